The molecule has 0 aromatic heterocycles. The molecule has 0 radical (unpaired) electrons. The summed E-state index contributed by atoms with van der Waals surface area (Å²) in [7, 11) is 1.94. The largest absolute Gasteiger partial charge is 0.484 e. The van der Waals surface area contributed by atoms with E-state index in [-0.39, 0.29) is 36.2 Å². The summed E-state index contributed by atoms with van der Waals surface area (Å²) in [4.78, 5) is 12.5. The van der Waals surface area contributed by atoms with E-state index in [2.05, 4.69) is 17.4 Å². The van der Waals surface area contributed by atoms with Gasteiger partial charge < -0.3 is 10.1 Å². The lowest BCUT2D eigenvalue weighted by molar-refractivity contribution is 0.103. The quantitative estimate of drug-likeness (QED) is 0.632. The van der Waals surface area contributed by atoms with Crippen molar-refractivity contribution in [1.29, 1.82) is 0 Å². The van der Waals surface area contributed by atoms with Crippen molar-refractivity contribution in [1.82, 2.24) is 5.32 Å². The Morgan fingerprint density at radius 2 is 1.57 bits per heavy atom. The van der Waals surface area contributed by atoms with Crippen molar-refractivity contribution in [2.75, 3.05) is 7.05 Å². The maximum Gasteiger partial charge on any atom is 0.193 e. The third-order valence-corrected chi connectivity index (χ3v) is 5.02. The second-order valence-corrected chi connectivity index (χ2v) is 6.70. The van der Waals surface area contributed by atoms with Gasteiger partial charge in [-0.25, -0.2) is 4.39 Å². The van der Waals surface area contributed by atoms with Crippen LogP contribution in [0.15, 0.2) is 72.8 Å². The van der Waals surface area contributed by atoms with Crippen molar-refractivity contribution >= 4 is 18.2 Å². The molecule has 0 aliphatic heterocycles. The van der Waals surface area contributed by atoms with Crippen LogP contribution in [0.1, 0.15) is 33.2 Å². The van der Waals surface area contributed by atoms with Crippen LogP contribution in [0.2, 0.25) is 0 Å². The standard InChI is InChI=1S/C23H20FNO2.ClH/c1-25-21-14-17-4-2-3-5-20(17)23(21)27-19-12-8-16(9-13-19)22(26)15-6-10-18(24)11-7-15;/h2-13,21,23,25H,14H2,1H3;1H/t21-,23+;/m0./s1. The van der Waals surface area contributed by atoms with Gasteiger partial charge in [-0.3, -0.25) is 4.79 Å². The number of halogens is 2. The zero-order valence-electron chi connectivity index (χ0n) is 15.4. The maximum atomic E-state index is 13.0. The first-order chi connectivity index (χ1) is 13.2. The van der Waals surface area contributed by atoms with Gasteiger partial charge in [0, 0.05) is 11.1 Å². The number of hydrogen-bond acceptors (Lipinski definition) is 3. The van der Waals surface area contributed by atoms with E-state index in [0.29, 0.717) is 16.9 Å². The molecule has 5 heteroatoms. The van der Waals surface area contributed by atoms with Crippen LogP contribution in [0.5, 0.6) is 5.75 Å². The lowest BCUT2D eigenvalue weighted by Gasteiger charge is -2.22. The predicted octanol–water partition coefficient (Wildman–Crippen LogP) is 4.74. The van der Waals surface area contributed by atoms with E-state index in [1.54, 1.807) is 12.1 Å². The first kappa shape index (κ1) is 20.1. The van der Waals surface area contributed by atoms with Crippen molar-refractivity contribution in [2.24, 2.45) is 0 Å². The zero-order chi connectivity index (χ0) is 18.8. The molecule has 3 aromatic carbocycles. The SMILES string of the molecule is CN[C@H]1Cc2ccccc2[C@H]1Oc1ccc(C(=O)c2ccc(F)cc2)cc1.Cl. The monoisotopic (exact) mass is 397 g/mol. The average molecular weight is 398 g/mol. The van der Waals surface area contributed by atoms with E-state index in [0.717, 1.165) is 6.42 Å². The average Bonchev–Trinajstić information content (AvgIpc) is 3.06. The first-order valence-electron chi connectivity index (χ1n) is 8.98. The minimum atomic E-state index is -0.355. The van der Waals surface area contributed by atoms with E-state index in [9.17, 15) is 9.18 Å². The zero-order valence-corrected chi connectivity index (χ0v) is 16.2. The summed E-state index contributed by atoms with van der Waals surface area (Å²) >= 11 is 0. The highest BCUT2D eigenvalue weighted by molar-refractivity contribution is 6.09. The van der Waals surface area contributed by atoms with E-state index in [1.807, 2.05) is 31.3 Å². The van der Waals surface area contributed by atoms with Crippen molar-refractivity contribution < 1.29 is 13.9 Å². The molecule has 4 rings (SSSR count). The number of nitrogens with one attached hydrogen (secondary N) is 1. The Kier molecular flexibility index (Phi) is 6.12. The summed E-state index contributed by atoms with van der Waals surface area (Å²) in [5.74, 6) is 0.222. The summed E-state index contributed by atoms with van der Waals surface area (Å²) in [6.07, 6.45) is 0.864. The number of ether oxygens (including phenoxy) is 1. The molecule has 0 saturated heterocycles. The van der Waals surface area contributed by atoms with E-state index < -0.39 is 0 Å². The summed E-state index contributed by atoms with van der Waals surface area (Å²) in [6, 6.07) is 21.2. The van der Waals surface area contributed by atoms with Gasteiger partial charge in [-0.1, -0.05) is 24.3 Å². The van der Waals surface area contributed by atoms with Gasteiger partial charge in [-0.2, -0.15) is 0 Å². The van der Waals surface area contributed by atoms with Crippen molar-refractivity contribution in [3.8, 4) is 5.75 Å². The molecular formula is C23H21ClFNO2. The van der Waals surface area contributed by atoms with Gasteiger partial charge in [0.2, 0.25) is 0 Å². The molecule has 3 nitrogen and oxygen atoms in total. The molecule has 28 heavy (non-hydrogen) atoms. The van der Waals surface area contributed by atoms with Crippen LogP contribution < -0.4 is 10.1 Å². The summed E-state index contributed by atoms with van der Waals surface area (Å²) in [5, 5.41) is 3.33. The number of rotatable bonds is 5. The molecule has 1 N–H and O–H groups in total. The highest BCUT2D eigenvalue weighted by atomic mass is 35.5. The molecule has 0 fully saturated rings. The lowest BCUT2D eigenvalue weighted by atomic mass is 10.0. The van der Waals surface area contributed by atoms with E-state index in [4.69, 9.17) is 4.74 Å². The maximum absolute atomic E-state index is 13.0. The van der Waals surface area contributed by atoms with Crippen molar-refractivity contribution in [3.05, 3.63) is 101 Å². The number of carbonyl (C=O) groups is 1. The Balaban J connectivity index is 0.00000225. The minimum Gasteiger partial charge on any atom is -0.484 e. The van der Waals surface area contributed by atoms with Gasteiger partial charge in [-0.15, -0.1) is 12.4 Å². The van der Waals surface area contributed by atoms with Crippen LogP contribution in [0.3, 0.4) is 0 Å². The topological polar surface area (TPSA) is 38.3 Å². The Bertz CT molecular complexity index is 957. The number of hydrogen-bond donors (Lipinski definition) is 1. The highest BCUT2D eigenvalue weighted by Gasteiger charge is 2.32. The molecule has 3 aromatic rings. The second kappa shape index (κ2) is 8.55. The van der Waals surface area contributed by atoms with Gasteiger partial charge in [0.1, 0.15) is 17.7 Å². The summed E-state index contributed by atoms with van der Waals surface area (Å²) in [6.45, 7) is 0. The molecule has 0 heterocycles. The fourth-order valence-corrected chi connectivity index (χ4v) is 3.56. The predicted molar refractivity (Wildman–Crippen MR) is 110 cm³/mol. The van der Waals surface area contributed by atoms with Gasteiger partial charge in [-0.05, 0) is 73.1 Å². The Hall–Kier alpha value is -2.69. The van der Waals surface area contributed by atoms with Crippen LogP contribution in [0.4, 0.5) is 4.39 Å². The minimum absolute atomic E-state index is 0. The molecule has 0 spiro atoms. The van der Waals surface area contributed by atoms with Crippen LogP contribution in [0.25, 0.3) is 0 Å². The Labute approximate surface area is 170 Å². The van der Waals surface area contributed by atoms with Crippen molar-refractivity contribution in [2.45, 2.75) is 18.6 Å². The first-order valence-corrected chi connectivity index (χ1v) is 8.98. The molecule has 1 aliphatic rings. The third-order valence-electron chi connectivity index (χ3n) is 5.02. The Morgan fingerprint density at radius 3 is 2.21 bits per heavy atom. The third kappa shape index (κ3) is 3.93. The highest BCUT2D eigenvalue weighted by Crippen LogP contribution is 2.35. The fourth-order valence-electron chi connectivity index (χ4n) is 3.56. The van der Waals surface area contributed by atoms with Gasteiger partial charge in [0.15, 0.2) is 5.78 Å². The van der Waals surface area contributed by atoms with Gasteiger partial charge in [0.25, 0.3) is 0 Å². The molecule has 0 amide bonds. The number of carbonyl (C=O) groups excluding carboxylic acids is 1. The smallest absolute Gasteiger partial charge is 0.193 e. The van der Waals surface area contributed by atoms with Crippen LogP contribution in [-0.2, 0) is 6.42 Å². The Morgan fingerprint density at radius 1 is 0.964 bits per heavy atom. The van der Waals surface area contributed by atoms with Crippen LogP contribution in [0, 0.1) is 5.82 Å². The fraction of sp³-hybridized carbons (Fsp3) is 0.174. The van der Waals surface area contributed by atoms with Crippen molar-refractivity contribution in [3.63, 3.8) is 0 Å². The number of likely N-dealkylation sites (N-methyl/N-ethyl adjacent to an activating group) is 1. The summed E-state index contributed by atoms with van der Waals surface area (Å²) in [5.41, 5.74) is 3.50. The van der Waals surface area contributed by atoms with E-state index in [1.165, 1.54) is 35.4 Å². The molecule has 1 aliphatic carbocycles. The molecule has 2 atom stereocenters. The number of benzene rings is 3. The number of fused-ring (bicyclic) bond motifs is 1. The molecule has 0 saturated carbocycles. The summed E-state index contributed by atoms with van der Waals surface area (Å²) < 4.78 is 19.3. The second-order valence-electron chi connectivity index (χ2n) is 6.70. The molecule has 0 bridgehead atoms. The number of ketones is 1. The molecule has 0 unspecified atom stereocenters. The normalized spacial score (nSPS) is 17.5. The molecular weight excluding hydrogens is 377 g/mol. The lowest BCUT2D eigenvalue weighted by Crippen LogP contribution is -2.32. The van der Waals surface area contributed by atoms with Gasteiger partial charge in [0.05, 0.1) is 6.04 Å². The molecule has 144 valence electrons. The van der Waals surface area contributed by atoms with Crippen LogP contribution in [-0.4, -0.2) is 18.9 Å². The van der Waals surface area contributed by atoms with E-state index >= 15 is 0 Å². The van der Waals surface area contributed by atoms with Gasteiger partial charge >= 0.3 is 0 Å². The van der Waals surface area contributed by atoms with Crippen LogP contribution >= 0.6 is 12.4 Å².